The highest BCUT2D eigenvalue weighted by atomic mass is 35.5. The molecular formula is C27H24Cl2FN5O2. The molecule has 7 nitrogen and oxygen atoms in total. The molecule has 2 aromatic carbocycles. The average molecular weight is 540 g/mol. The zero-order chi connectivity index (χ0) is 26.1. The van der Waals surface area contributed by atoms with Crippen molar-refractivity contribution in [3.63, 3.8) is 0 Å². The smallest absolute Gasteiger partial charge is 0.271 e. The first-order valence-corrected chi connectivity index (χ1v) is 12.5. The molecule has 0 fully saturated rings. The van der Waals surface area contributed by atoms with Crippen molar-refractivity contribution < 1.29 is 14.3 Å². The first kappa shape index (κ1) is 25.2. The molecule has 10 heteroatoms. The highest BCUT2D eigenvalue weighted by molar-refractivity contribution is 6.33. The van der Waals surface area contributed by atoms with Crippen LogP contribution in [0.5, 0.6) is 0 Å². The van der Waals surface area contributed by atoms with Gasteiger partial charge in [0.15, 0.2) is 0 Å². The lowest BCUT2D eigenvalue weighted by Gasteiger charge is -2.29. The van der Waals surface area contributed by atoms with E-state index in [1.807, 2.05) is 35.9 Å². The van der Waals surface area contributed by atoms with Gasteiger partial charge in [-0.05, 0) is 60.9 Å². The van der Waals surface area contributed by atoms with Gasteiger partial charge in [-0.15, -0.1) is 0 Å². The van der Waals surface area contributed by atoms with Crippen LogP contribution in [0.1, 0.15) is 34.1 Å². The van der Waals surface area contributed by atoms with Crippen LogP contribution in [0, 0.1) is 12.7 Å². The Kier molecular flexibility index (Phi) is 7.15. The van der Waals surface area contributed by atoms with Gasteiger partial charge in [0.05, 0.1) is 29.1 Å². The Balaban J connectivity index is 1.46. The van der Waals surface area contributed by atoms with Gasteiger partial charge in [0, 0.05) is 36.1 Å². The number of aliphatic hydroxyl groups excluding tert-OH is 1. The van der Waals surface area contributed by atoms with E-state index in [-0.39, 0.29) is 17.5 Å². The Morgan fingerprint density at radius 1 is 1.16 bits per heavy atom. The van der Waals surface area contributed by atoms with E-state index in [1.54, 1.807) is 23.2 Å². The Bertz CT molecular complexity index is 1480. The third-order valence-corrected chi connectivity index (χ3v) is 6.93. The maximum Gasteiger partial charge on any atom is 0.271 e. The zero-order valence-electron chi connectivity index (χ0n) is 20.0. The molecule has 0 spiro atoms. The molecule has 2 N–H and O–H groups in total. The van der Waals surface area contributed by atoms with Crippen molar-refractivity contribution in [1.82, 2.24) is 19.4 Å². The summed E-state index contributed by atoms with van der Waals surface area (Å²) in [6.45, 7) is 2.83. The first-order chi connectivity index (χ1) is 17.8. The number of rotatable bonds is 6. The Hall–Kier alpha value is -3.46. The van der Waals surface area contributed by atoms with E-state index >= 15 is 0 Å². The van der Waals surface area contributed by atoms with Crippen molar-refractivity contribution in [2.24, 2.45) is 0 Å². The maximum atomic E-state index is 13.7. The summed E-state index contributed by atoms with van der Waals surface area (Å²) in [6, 6.07) is 12.6. The van der Waals surface area contributed by atoms with Crippen molar-refractivity contribution in [2.75, 3.05) is 18.5 Å². The molecule has 5 rings (SSSR count). The second kappa shape index (κ2) is 10.5. The van der Waals surface area contributed by atoms with Crippen molar-refractivity contribution in [1.29, 1.82) is 0 Å². The number of nitrogens with zero attached hydrogens (tertiary/aromatic N) is 4. The number of halogens is 3. The van der Waals surface area contributed by atoms with Crippen molar-refractivity contribution in [3.8, 4) is 11.3 Å². The molecule has 0 radical (unpaired) electrons. The van der Waals surface area contributed by atoms with Crippen LogP contribution in [0.15, 0.2) is 60.9 Å². The summed E-state index contributed by atoms with van der Waals surface area (Å²) in [6.07, 6.45) is 4.32. The van der Waals surface area contributed by atoms with Crippen molar-refractivity contribution in [3.05, 3.63) is 93.6 Å². The van der Waals surface area contributed by atoms with Gasteiger partial charge in [-0.1, -0.05) is 35.3 Å². The number of nitrogens with one attached hydrogen (secondary N) is 1. The van der Waals surface area contributed by atoms with Gasteiger partial charge in [0.1, 0.15) is 11.5 Å². The van der Waals surface area contributed by atoms with Crippen LogP contribution in [0.4, 0.5) is 16.0 Å². The minimum atomic E-state index is -0.506. The lowest BCUT2D eigenvalue weighted by atomic mass is 10.0. The predicted molar refractivity (Wildman–Crippen MR) is 142 cm³/mol. The molecule has 1 amide bonds. The van der Waals surface area contributed by atoms with E-state index in [1.165, 1.54) is 18.2 Å². The quantitative estimate of drug-likeness (QED) is 0.313. The lowest BCUT2D eigenvalue weighted by molar-refractivity contribution is 0.0595. The summed E-state index contributed by atoms with van der Waals surface area (Å²) in [5.74, 6) is -0.315. The molecular weight excluding hydrogens is 516 g/mol. The highest BCUT2D eigenvalue weighted by Gasteiger charge is 2.30. The van der Waals surface area contributed by atoms with E-state index in [2.05, 4.69) is 15.3 Å². The van der Waals surface area contributed by atoms with E-state index < -0.39 is 11.9 Å². The third-order valence-electron chi connectivity index (χ3n) is 6.38. The van der Waals surface area contributed by atoms with Crippen LogP contribution in [0.2, 0.25) is 10.0 Å². The average Bonchev–Trinajstić information content (AvgIpc) is 3.23. The molecule has 3 heterocycles. The molecule has 37 heavy (non-hydrogen) atoms. The molecule has 0 saturated heterocycles. The zero-order valence-corrected chi connectivity index (χ0v) is 21.5. The molecule has 0 bridgehead atoms. The molecule has 0 saturated carbocycles. The predicted octanol–water partition coefficient (Wildman–Crippen LogP) is 6.02. The number of anilines is 2. The van der Waals surface area contributed by atoms with Gasteiger partial charge in [0.25, 0.3) is 5.91 Å². The number of carbonyl (C=O) groups is 1. The number of aryl methyl sites for hydroxylation is 2. The minimum Gasteiger partial charge on any atom is -0.394 e. The standard InChI is InChI=1S/C27H24Cl2FN5O2/c1-16-13-31-27(32-22-7-6-20(30)12-21(22)29)33-25(16)18-11-23-26(37)35(9-3-8-34(23)14-18)24(15-36)17-4-2-5-19(28)10-17/h2,4-7,10-14,24,36H,3,8-9,15H2,1H3,(H,31,32,33)/t24-/m0/s1. The van der Waals surface area contributed by atoms with Crippen LogP contribution in [-0.2, 0) is 6.54 Å². The summed E-state index contributed by atoms with van der Waals surface area (Å²) >= 11 is 12.3. The van der Waals surface area contributed by atoms with Crippen LogP contribution in [0.3, 0.4) is 0 Å². The normalized spacial score (nSPS) is 14.3. The first-order valence-electron chi connectivity index (χ1n) is 11.8. The van der Waals surface area contributed by atoms with Crippen molar-refractivity contribution in [2.45, 2.75) is 25.9 Å². The summed E-state index contributed by atoms with van der Waals surface area (Å²) in [5, 5.41) is 14.0. The molecule has 190 valence electrons. The summed E-state index contributed by atoms with van der Waals surface area (Å²) < 4.78 is 15.3. The molecule has 4 aromatic rings. The number of amides is 1. The number of hydrogen-bond donors (Lipinski definition) is 2. The van der Waals surface area contributed by atoms with Crippen LogP contribution in [0.25, 0.3) is 11.3 Å². The van der Waals surface area contributed by atoms with E-state index in [0.29, 0.717) is 41.1 Å². The summed E-state index contributed by atoms with van der Waals surface area (Å²) in [5.41, 5.74) is 4.03. The Morgan fingerprint density at radius 3 is 2.76 bits per heavy atom. The Morgan fingerprint density at radius 2 is 2.00 bits per heavy atom. The fraction of sp³-hybridized carbons (Fsp3) is 0.222. The third kappa shape index (κ3) is 5.18. The number of benzene rings is 2. The summed E-state index contributed by atoms with van der Waals surface area (Å²) in [7, 11) is 0. The van der Waals surface area contributed by atoms with Gasteiger partial charge in [-0.3, -0.25) is 4.79 Å². The molecule has 2 aromatic heterocycles. The SMILES string of the molecule is Cc1cnc(Nc2ccc(F)cc2Cl)nc1-c1cc2n(c1)CCCN([C@@H](CO)c1cccc(Cl)c1)C2=O. The molecule has 0 unspecified atom stereocenters. The van der Waals surface area contributed by atoms with Crippen molar-refractivity contribution >= 4 is 40.7 Å². The largest absolute Gasteiger partial charge is 0.394 e. The maximum absolute atomic E-state index is 13.7. The second-order valence-corrected chi connectivity index (χ2v) is 9.73. The van der Waals surface area contributed by atoms with Gasteiger partial charge in [-0.25, -0.2) is 14.4 Å². The number of aliphatic hydroxyl groups is 1. The monoisotopic (exact) mass is 539 g/mol. The fourth-order valence-electron chi connectivity index (χ4n) is 4.57. The van der Waals surface area contributed by atoms with Crippen LogP contribution in [-0.4, -0.2) is 43.6 Å². The Labute approximate surface area is 223 Å². The summed E-state index contributed by atoms with van der Waals surface area (Å²) in [4.78, 5) is 24.3. The molecule has 1 atom stereocenters. The van der Waals surface area contributed by atoms with Gasteiger partial charge in [-0.2, -0.15) is 0 Å². The van der Waals surface area contributed by atoms with E-state index in [9.17, 15) is 14.3 Å². The molecule has 1 aliphatic rings. The molecule has 0 aliphatic carbocycles. The van der Waals surface area contributed by atoms with Gasteiger partial charge >= 0.3 is 0 Å². The fourth-order valence-corrected chi connectivity index (χ4v) is 4.98. The second-order valence-electron chi connectivity index (χ2n) is 8.89. The van der Waals surface area contributed by atoms with Gasteiger partial charge in [0.2, 0.25) is 5.95 Å². The number of carbonyl (C=O) groups excluding carboxylic acids is 1. The molecule has 1 aliphatic heterocycles. The van der Waals surface area contributed by atoms with E-state index in [4.69, 9.17) is 23.2 Å². The minimum absolute atomic E-state index is 0.175. The topological polar surface area (TPSA) is 83.3 Å². The van der Waals surface area contributed by atoms with E-state index in [0.717, 1.165) is 23.1 Å². The highest BCUT2D eigenvalue weighted by Crippen LogP contribution is 2.31. The van der Waals surface area contributed by atoms with Crippen LogP contribution < -0.4 is 5.32 Å². The number of fused-ring (bicyclic) bond motifs is 1. The lowest BCUT2D eigenvalue weighted by Crippen LogP contribution is -2.36. The van der Waals surface area contributed by atoms with Crippen LogP contribution >= 0.6 is 23.2 Å². The number of hydrogen-bond acceptors (Lipinski definition) is 5. The number of aromatic nitrogens is 3. The van der Waals surface area contributed by atoms with Gasteiger partial charge < -0.3 is 19.9 Å².